The van der Waals surface area contributed by atoms with Crippen molar-refractivity contribution in [3.8, 4) is 5.75 Å². The van der Waals surface area contributed by atoms with E-state index in [9.17, 15) is 9.90 Å². The summed E-state index contributed by atoms with van der Waals surface area (Å²) in [6.45, 7) is 1.09. The summed E-state index contributed by atoms with van der Waals surface area (Å²) in [5.74, 6) is 0.234. The number of carbonyl (C=O) groups excluding carboxylic acids is 1. The highest BCUT2D eigenvalue weighted by Gasteiger charge is 2.21. The summed E-state index contributed by atoms with van der Waals surface area (Å²) in [6.07, 6.45) is 0.477. The Morgan fingerprint density at radius 3 is 3.00 bits per heavy atom. The van der Waals surface area contributed by atoms with Crippen LogP contribution in [0.3, 0.4) is 0 Å². The Kier molecular flexibility index (Phi) is 3.31. The van der Waals surface area contributed by atoms with Crippen LogP contribution < -0.4 is 10.6 Å². The molecule has 16 heavy (non-hydrogen) atoms. The van der Waals surface area contributed by atoms with E-state index in [-0.39, 0.29) is 17.7 Å². The van der Waals surface area contributed by atoms with Crippen molar-refractivity contribution >= 4 is 17.5 Å². The third-order valence-corrected chi connectivity index (χ3v) is 2.99. The van der Waals surface area contributed by atoms with E-state index in [1.807, 2.05) is 0 Å². The van der Waals surface area contributed by atoms with Crippen molar-refractivity contribution in [2.75, 3.05) is 6.54 Å². The number of phenolic OH excluding ortho intramolecular Hbond substituents is 1. The van der Waals surface area contributed by atoms with Gasteiger partial charge in [-0.2, -0.15) is 0 Å². The van der Waals surface area contributed by atoms with Crippen LogP contribution in [0.25, 0.3) is 0 Å². The lowest BCUT2D eigenvalue weighted by atomic mass is 10.1. The third-order valence-electron chi connectivity index (χ3n) is 2.64. The Hall–Kier alpha value is -1.26. The zero-order chi connectivity index (χ0) is 11.5. The Morgan fingerprint density at radius 1 is 1.56 bits per heavy atom. The van der Waals surface area contributed by atoms with Crippen molar-refractivity contribution < 1.29 is 9.90 Å². The van der Waals surface area contributed by atoms with Gasteiger partial charge in [0.15, 0.2) is 0 Å². The first-order chi connectivity index (χ1) is 7.66. The summed E-state index contributed by atoms with van der Waals surface area (Å²) in [7, 11) is 0. The molecule has 2 rings (SSSR count). The number of amides is 1. The zero-order valence-corrected chi connectivity index (χ0v) is 9.42. The highest BCUT2D eigenvalue weighted by molar-refractivity contribution is 6.31. The summed E-state index contributed by atoms with van der Waals surface area (Å²) in [4.78, 5) is 11.0. The molecule has 1 aromatic rings. The fourth-order valence-electron chi connectivity index (χ4n) is 1.72. The molecule has 0 aliphatic carbocycles. The van der Waals surface area contributed by atoms with Crippen LogP contribution in [-0.2, 0) is 11.3 Å². The number of halogens is 1. The Labute approximate surface area is 98.6 Å². The monoisotopic (exact) mass is 240 g/mol. The quantitative estimate of drug-likeness (QED) is 0.740. The minimum absolute atomic E-state index is 0.0564. The van der Waals surface area contributed by atoms with Crippen molar-refractivity contribution in [2.24, 2.45) is 0 Å². The summed E-state index contributed by atoms with van der Waals surface area (Å²) in [6, 6.07) is 5.14. The molecule has 0 bridgehead atoms. The van der Waals surface area contributed by atoms with E-state index < -0.39 is 0 Å². The fraction of sp³-hybridized carbons (Fsp3) is 0.364. The summed E-state index contributed by atoms with van der Waals surface area (Å²) >= 11 is 5.96. The summed E-state index contributed by atoms with van der Waals surface area (Å²) in [5, 5.41) is 16.1. The van der Waals surface area contributed by atoms with Crippen LogP contribution >= 0.6 is 11.6 Å². The lowest BCUT2D eigenvalue weighted by Gasteiger charge is -2.12. The van der Waals surface area contributed by atoms with Crippen molar-refractivity contribution in [3.05, 3.63) is 28.8 Å². The average Bonchev–Trinajstić information content (AvgIpc) is 2.63. The molecule has 1 aromatic carbocycles. The Balaban J connectivity index is 1.97. The van der Waals surface area contributed by atoms with E-state index in [0.29, 0.717) is 30.1 Å². The highest BCUT2D eigenvalue weighted by atomic mass is 35.5. The van der Waals surface area contributed by atoms with E-state index in [4.69, 9.17) is 11.6 Å². The maximum atomic E-state index is 11.0. The summed E-state index contributed by atoms with van der Waals surface area (Å²) < 4.78 is 0. The highest BCUT2D eigenvalue weighted by Crippen LogP contribution is 2.25. The van der Waals surface area contributed by atoms with Crippen molar-refractivity contribution in [3.63, 3.8) is 0 Å². The van der Waals surface area contributed by atoms with Gasteiger partial charge in [-0.05, 0) is 12.1 Å². The first-order valence-corrected chi connectivity index (χ1v) is 5.51. The molecule has 1 aliphatic rings. The molecule has 0 saturated carbocycles. The molecule has 1 fully saturated rings. The zero-order valence-electron chi connectivity index (χ0n) is 8.66. The van der Waals surface area contributed by atoms with Crippen LogP contribution in [0.5, 0.6) is 5.75 Å². The largest absolute Gasteiger partial charge is 0.508 e. The molecule has 0 aromatic heterocycles. The Morgan fingerprint density at radius 2 is 2.38 bits per heavy atom. The molecule has 0 radical (unpaired) electrons. The van der Waals surface area contributed by atoms with Gasteiger partial charge in [0.25, 0.3) is 0 Å². The van der Waals surface area contributed by atoms with Gasteiger partial charge in [-0.3, -0.25) is 4.79 Å². The summed E-state index contributed by atoms with van der Waals surface area (Å²) in [5.41, 5.74) is 0.670. The number of aromatic hydroxyl groups is 1. The van der Waals surface area contributed by atoms with E-state index in [1.54, 1.807) is 18.2 Å². The maximum Gasteiger partial charge on any atom is 0.221 e. The van der Waals surface area contributed by atoms with Gasteiger partial charge in [0.2, 0.25) is 5.91 Å². The van der Waals surface area contributed by atoms with Crippen LogP contribution in [0.4, 0.5) is 0 Å². The molecular formula is C11H13ClN2O2. The van der Waals surface area contributed by atoms with Crippen LogP contribution in [0.1, 0.15) is 12.0 Å². The van der Waals surface area contributed by atoms with Gasteiger partial charge in [0.05, 0.1) is 0 Å². The number of hydrogen-bond donors (Lipinski definition) is 3. The van der Waals surface area contributed by atoms with Crippen LogP contribution in [0.15, 0.2) is 18.2 Å². The molecule has 1 heterocycles. The SMILES string of the molecule is O=C1CC(NCc2c(O)cccc2Cl)CN1. The topological polar surface area (TPSA) is 61.4 Å². The van der Waals surface area contributed by atoms with Crippen molar-refractivity contribution in [1.29, 1.82) is 0 Å². The van der Waals surface area contributed by atoms with E-state index >= 15 is 0 Å². The van der Waals surface area contributed by atoms with E-state index in [0.717, 1.165) is 0 Å². The molecule has 3 N–H and O–H groups in total. The van der Waals surface area contributed by atoms with Gasteiger partial charge in [-0.15, -0.1) is 0 Å². The molecule has 5 heteroatoms. The predicted octanol–water partition coefficient (Wildman–Crippen LogP) is 1.02. The third kappa shape index (κ3) is 2.46. The second-order valence-electron chi connectivity index (χ2n) is 3.82. The van der Waals surface area contributed by atoms with Gasteiger partial charge in [-0.1, -0.05) is 17.7 Å². The van der Waals surface area contributed by atoms with Gasteiger partial charge in [-0.25, -0.2) is 0 Å². The molecule has 4 nitrogen and oxygen atoms in total. The van der Waals surface area contributed by atoms with Crippen molar-refractivity contribution in [1.82, 2.24) is 10.6 Å². The Bertz CT molecular complexity index is 389. The molecule has 86 valence electrons. The second-order valence-corrected chi connectivity index (χ2v) is 4.23. The van der Waals surface area contributed by atoms with Crippen LogP contribution in [-0.4, -0.2) is 23.6 Å². The van der Waals surface area contributed by atoms with E-state index in [2.05, 4.69) is 10.6 Å². The molecular weight excluding hydrogens is 228 g/mol. The molecule has 1 aliphatic heterocycles. The van der Waals surface area contributed by atoms with Crippen molar-refractivity contribution in [2.45, 2.75) is 19.0 Å². The number of nitrogens with one attached hydrogen (secondary N) is 2. The number of phenols is 1. The second kappa shape index (κ2) is 4.72. The standard InChI is InChI=1S/C11H13ClN2O2/c12-9-2-1-3-10(15)8(9)6-13-7-4-11(16)14-5-7/h1-3,7,13,15H,4-6H2,(H,14,16). The number of hydrogen-bond acceptors (Lipinski definition) is 3. The number of benzene rings is 1. The minimum atomic E-state index is 0.0564. The first kappa shape index (κ1) is 11.2. The molecule has 1 unspecified atom stereocenters. The van der Waals surface area contributed by atoms with Crippen LogP contribution in [0, 0.1) is 0 Å². The molecule has 1 atom stereocenters. The smallest absolute Gasteiger partial charge is 0.221 e. The van der Waals surface area contributed by atoms with Gasteiger partial charge in [0, 0.05) is 36.1 Å². The lowest BCUT2D eigenvalue weighted by molar-refractivity contribution is -0.119. The minimum Gasteiger partial charge on any atom is -0.508 e. The van der Waals surface area contributed by atoms with Gasteiger partial charge in [0.1, 0.15) is 5.75 Å². The van der Waals surface area contributed by atoms with Gasteiger partial charge < -0.3 is 15.7 Å². The predicted molar refractivity (Wildman–Crippen MR) is 61.4 cm³/mol. The first-order valence-electron chi connectivity index (χ1n) is 5.13. The molecule has 1 saturated heterocycles. The number of carbonyl (C=O) groups is 1. The normalized spacial score (nSPS) is 19.8. The molecule has 0 spiro atoms. The fourth-order valence-corrected chi connectivity index (χ4v) is 1.95. The lowest BCUT2D eigenvalue weighted by Crippen LogP contribution is -2.30. The maximum absolute atomic E-state index is 11.0. The van der Waals surface area contributed by atoms with E-state index in [1.165, 1.54) is 0 Å². The van der Waals surface area contributed by atoms with Gasteiger partial charge >= 0.3 is 0 Å². The van der Waals surface area contributed by atoms with Crippen LogP contribution in [0.2, 0.25) is 5.02 Å². The number of rotatable bonds is 3. The molecule has 1 amide bonds. The average molecular weight is 241 g/mol.